The standard InChI is InChI=1S/C36H31F2N2.C13H24O2.Ir/c1-35(2,3)28-19-23(18-21-10-6-7-11-24(21)28)31-33-26(16-17-39-31)25-15-14-22(20-36(4,5)34(37)38)30-27-12-8-9-13-29(27)40(33)32(25)30;1-5-10(6-2)12(14)9-13(15)11(7-3)8-4;/h6-17,19,34H,20H2,1-5H3;9-11,14H,5-8H2,1-4H3;/q-1;;/b;12-9-;. The fourth-order valence-electron chi connectivity index (χ4n) is 8.18. The van der Waals surface area contributed by atoms with Gasteiger partial charge in [-0.25, -0.2) is 8.78 Å². The van der Waals surface area contributed by atoms with Crippen LogP contribution in [0.15, 0.2) is 90.8 Å². The number of allylic oxidation sites excluding steroid dienone is 2. The molecule has 7 rings (SSSR count). The summed E-state index contributed by atoms with van der Waals surface area (Å²) in [6, 6.07) is 28.9. The van der Waals surface area contributed by atoms with Crippen LogP contribution in [0.4, 0.5) is 8.78 Å². The van der Waals surface area contributed by atoms with Crippen LogP contribution >= 0.6 is 0 Å². The van der Waals surface area contributed by atoms with Crippen molar-refractivity contribution < 1.29 is 38.8 Å². The number of alkyl halides is 2. The van der Waals surface area contributed by atoms with E-state index in [1.807, 2.05) is 52.1 Å². The van der Waals surface area contributed by atoms with E-state index < -0.39 is 11.8 Å². The van der Waals surface area contributed by atoms with Crippen LogP contribution in [0.25, 0.3) is 60.1 Å². The molecule has 297 valence electrons. The Morgan fingerprint density at radius 1 is 0.804 bits per heavy atom. The number of carbonyl (C=O) groups excluding carboxylic acids is 1. The second-order valence-electron chi connectivity index (χ2n) is 16.8. The zero-order valence-corrected chi connectivity index (χ0v) is 36.6. The predicted octanol–water partition coefficient (Wildman–Crippen LogP) is 13.9. The van der Waals surface area contributed by atoms with Crippen molar-refractivity contribution >= 4 is 54.7 Å². The van der Waals surface area contributed by atoms with Crippen LogP contribution in [-0.4, -0.2) is 26.7 Å². The van der Waals surface area contributed by atoms with E-state index in [1.54, 1.807) is 13.8 Å². The molecule has 0 atom stereocenters. The molecular formula is C49H55F2IrN2O2-. The first-order chi connectivity index (χ1) is 26.2. The van der Waals surface area contributed by atoms with Gasteiger partial charge in [0.1, 0.15) is 0 Å². The van der Waals surface area contributed by atoms with Gasteiger partial charge >= 0.3 is 0 Å². The Bertz CT molecular complexity index is 2500. The minimum Gasteiger partial charge on any atom is -0.512 e. The molecule has 0 fully saturated rings. The van der Waals surface area contributed by atoms with Crippen molar-refractivity contribution in [2.75, 3.05) is 0 Å². The van der Waals surface area contributed by atoms with Gasteiger partial charge in [0.25, 0.3) is 0 Å². The molecule has 1 N–H and O–H groups in total. The number of halogens is 2. The Hall–Kier alpha value is -4.19. The molecule has 0 aliphatic rings. The molecule has 0 bridgehead atoms. The Labute approximate surface area is 344 Å². The topological polar surface area (TPSA) is 54.6 Å². The zero-order chi connectivity index (χ0) is 39.8. The number of nitrogens with zero attached hydrogens (tertiary/aromatic N) is 2. The average molecular weight is 934 g/mol. The maximum atomic E-state index is 14.0. The number of para-hydroxylation sites is 1. The first-order valence-electron chi connectivity index (χ1n) is 19.9. The van der Waals surface area contributed by atoms with E-state index in [9.17, 15) is 18.7 Å². The van der Waals surface area contributed by atoms with Gasteiger partial charge in [-0.15, -0.1) is 29.1 Å². The summed E-state index contributed by atoms with van der Waals surface area (Å²) in [7, 11) is 0. The Morgan fingerprint density at radius 3 is 2.04 bits per heavy atom. The molecule has 0 aliphatic carbocycles. The van der Waals surface area contributed by atoms with Crippen molar-refractivity contribution in [3.8, 4) is 11.3 Å². The molecule has 7 heteroatoms. The average Bonchev–Trinajstić information content (AvgIpc) is 3.68. The van der Waals surface area contributed by atoms with E-state index in [-0.39, 0.29) is 48.9 Å². The normalized spacial score (nSPS) is 12.8. The van der Waals surface area contributed by atoms with Crippen LogP contribution in [0.5, 0.6) is 0 Å². The molecule has 7 aromatic rings. The van der Waals surface area contributed by atoms with Gasteiger partial charge in [0, 0.05) is 82.4 Å². The van der Waals surface area contributed by atoms with Crippen LogP contribution in [0.2, 0.25) is 0 Å². The van der Waals surface area contributed by atoms with Crippen molar-refractivity contribution in [1.82, 2.24) is 9.38 Å². The first-order valence-corrected chi connectivity index (χ1v) is 19.9. The number of rotatable bonds is 11. The summed E-state index contributed by atoms with van der Waals surface area (Å²) in [5, 5.41) is 16.4. The van der Waals surface area contributed by atoms with Gasteiger partial charge in [-0.05, 0) is 55.2 Å². The molecule has 3 heterocycles. The second-order valence-corrected chi connectivity index (χ2v) is 16.8. The van der Waals surface area contributed by atoms with Gasteiger partial charge in [-0.3, -0.25) is 9.78 Å². The number of aliphatic hydroxyl groups excluding tert-OH is 1. The molecule has 0 unspecified atom stereocenters. The smallest absolute Gasteiger partial charge is 0.243 e. The number of benzene rings is 4. The number of ketones is 1. The molecule has 1 radical (unpaired) electrons. The van der Waals surface area contributed by atoms with E-state index in [4.69, 9.17) is 4.98 Å². The van der Waals surface area contributed by atoms with Gasteiger partial charge in [-0.1, -0.05) is 122 Å². The molecule has 0 saturated heterocycles. The quantitative estimate of drug-likeness (QED) is 0.0799. The Balaban J connectivity index is 0.000000322. The number of pyridine rings is 1. The van der Waals surface area contributed by atoms with Crippen molar-refractivity contribution in [3.05, 3.63) is 108 Å². The van der Waals surface area contributed by atoms with Gasteiger partial charge in [0.05, 0.1) is 16.8 Å². The number of fused-ring (bicyclic) bond motifs is 7. The van der Waals surface area contributed by atoms with Crippen molar-refractivity contribution in [2.24, 2.45) is 17.3 Å². The summed E-state index contributed by atoms with van der Waals surface area (Å²) in [5.41, 5.74) is 6.01. The van der Waals surface area contributed by atoms with E-state index in [0.29, 0.717) is 6.42 Å². The summed E-state index contributed by atoms with van der Waals surface area (Å²) in [5.74, 6) is 0.547. The van der Waals surface area contributed by atoms with Gasteiger partial charge in [0.2, 0.25) is 6.43 Å². The molecule has 0 spiro atoms. The van der Waals surface area contributed by atoms with E-state index >= 15 is 0 Å². The molecule has 4 aromatic carbocycles. The number of hydrogen-bond acceptors (Lipinski definition) is 3. The van der Waals surface area contributed by atoms with E-state index in [1.165, 1.54) is 17.0 Å². The maximum absolute atomic E-state index is 14.0. The first kappa shape index (κ1) is 42.9. The van der Waals surface area contributed by atoms with Crippen molar-refractivity contribution in [2.45, 2.75) is 106 Å². The van der Waals surface area contributed by atoms with E-state index in [2.05, 4.69) is 85.8 Å². The van der Waals surface area contributed by atoms with Crippen LogP contribution in [0.1, 0.15) is 99.1 Å². The van der Waals surface area contributed by atoms with Crippen molar-refractivity contribution in [1.29, 1.82) is 0 Å². The summed E-state index contributed by atoms with van der Waals surface area (Å²) in [4.78, 5) is 16.7. The molecule has 0 saturated carbocycles. The monoisotopic (exact) mass is 934 g/mol. The molecule has 0 amide bonds. The zero-order valence-electron chi connectivity index (χ0n) is 34.2. The molecule has 4 nitrogen and oxygen atoms in total. The summed E-state index contributed by atoms with van der Waals surface area (Å²) < 4.78 is 30.3. The van der Waals surface area contributed by atoms with Crippen LogP contribution in [0.3, 0.4) is 0 Å². The third-order valence-electron chi connectivity index (χ3n) is 11.5. The van der Waals surface area contributed by atoms with Crippen LogP contribution in [-0.2, 0) is 36.7 Å². The minimum atomic E-state index is -2.41. The largest absolute Gasteiger partial charge is 0.512 e. The fraction of sp³-hybridized carbons (Fsp3) is 0.388. The number of aliphatic hydroxyl groups is 1. The van der Waals surface area contributed by atoms with Gasteiger partial charge < -0.3 is 9.51 Å². The van der Waals surface area contributed by atoms with Crippen LogP contribution in [0, 0.1) is 23.3 Å². The van der Waals surface area contributed by atoms with Gasteiger partial charge in [-0.2, -0.15) is 0 Å². The SMILES string of the molecule is CC(C)(C)c1cc(-c2nccc3c4ccc(CC(C)(C)C(F)F)c5c6ccccc6n(c23)c45)[c-]c2ccccc12.CCC(CC)C(=O)/C=C(\O)C(CC)CC.[Ir]. The molecule has 56 heavy (non-hydrogen) atoms. The Morgan fingerprint density at radius 2 is 1.41 bits per heavy atom. The second kappa shape index (κ2) is 17.1. The summed E-state index contributed by atoms with van der Waals surface area (Å²) in [6.45, 7) is 18.1. The number of carbonyl (C=O) groups is 1. The third-order valence-corrected chi connectivity index (χ3v) is 11.5. The number of aromatic nitrogens is 2. The fourth-order valence-corrected chi connectivity index (χ4v) is 8.18. The predicted molar refractivity (Wildman–Crippen MR) is 227 cm³/mol. The summed E-state index contributed by atoms with van der Waals surface area (Å²) >= 11 is 0. The third kappa shape index (κ3) is 8.00. The molecular weight excluding hydrogens is 879 g/mol. The number of hydrogen-bond donors (Lipinski definition) is 1. The summed E-state index contributed by atoms with van der Waals surface area (Å²) in [6.07, 6.45) is 4.67. The van der Waals surface area contributed by atoms with Crippen LogP contribution < -0.4 is 0 Å². The maximum Gasteiger partial charge on any atom is 0.243 e. The van der Waals surface area contributed by atoms with Crippen molar-refractivity contribution in [3.63, 3.8) is 0 Å². The molecule has 0 aliphatic heterocycles. The van der Waals surface area contributed by atoms with E-state index in [0.717, 1.165) is 86.0 Å². The molecule has 3 aromatic heterocycles. The minimum absolute atomic E-state index is 0. The van der Waals surface area contributed by atoms with Gasteiger partial charge in [0.15, 0.2) is 5.78 Å². The Kier molecular flexibility index (Phi) is 13.1.